The van der Waals surface area contributed by atoms with Crippen LogP contribution in [-0.4, -0.2) is 11.7 Å². The van der Waals surface area contributed by atoms with E-state index in [4.69, 9.17) is 17.0 Å². The van der Waals surface area contributed by atoms with Crippen molar-refractivity contribution in [3.8, 4) is 5.75 Å². The molecule has 0 aliphatic rings. The average Bonchev–Trinajstić information content (AvgIpc) is 2.46. The summed E-state index contributed by atoms with van der Waals surface area (Å²) in [5.74, 6) is 0.796. The van der Waals surface area contributed by atoms with Crippen LogP contribution in [0.1, 0.15) is 18.1 Å². The van der Waals surface area contributed by atoms with E-state index in [1.165, 1.54) is 11.1 Å². The lowest BCUT2D eigenvalue weighted by Crippen LogP contribution is -2.20. The minimum absolute atomic E-state index is 0.552. The van der Waals surface area contributed by atoms with Gasteiger partial charge in [0, 0.05) is 5.69 Å². The summed E-state index contributed by atoms with van der Waals surface area (Å²) in [5.41, 5.74) is 4.31. The number of ether oxygens (including phenoxy) is 1. The van der Waals surface area contributed by atoms with Gasteiger partial charge in [-0.15, -0.1) is 0 Å². The second kappa shape index (κ2) is 7.09. The summed E-state index contributed by atoms with van der Waals surface area (Å²) in [6.45, 7) is 6.75. The Morgan fingerprint density at radius 1 is 1.00 bits per heavy atom. The smallest absolute Gasteiger partial charge is 0.175 e. The first-order chi connectivity index (χ1) is 10.1. The normalized spacial score (nSPS) is 10.0. The molecule has 0 aliphatic carbocycles. The first-order valence-corrected chi connectivity index (χ1v) is 7.38. The molecule has 0 spiro atoms. The van der Waals surface area contributed by atoms with Crippen molar-refractivity contribution in [3.63, 3.8) is 0 Å². The lowest BCUT2D eigenvalue weighted by Gasteiger charge is -2.15. The van der Waals surface area contributed by atoms with Gasteiger partial charge in [0.25, 0.3) is 0 Å². The van der Waals surface area contributed by atoms with Crippen LogP contribution in [-0.2, 0) is 0 Å². The number of hydrogen-bond donors (Lipinski definition) is 2. The van der Waals surface area contributed by atoms with Crippen molar-refractivity contribution in [2.75, 3.05) is 17.2 Å². The molecule has 2 rings (SSSR count). The topological polar surface area (TPSA) is 33.3 Å². The molecule has 2 aromatic carbocycles. The maximum absolute atomic E-state index is 5.58. The van der Waals surface area contributed by atoms with Gasteiger partial charge < -0.3 is 15.4 Å². The van der Waals surface area contributed by atoms with E-state index in [2.05, 4.69) is 30.5 Å². The number of rotatable bonds is 4. The van der Waals surface area contributed by atoms with Crippen LogP contribution in [0.3, 0.4) is 0 Å². The molecule has 0 radical (unpaired) electrons. The van der Waals surface area contributed by atoms with Crippen molar-refractivity contribution in [1.29, 1.82) is 0 Å². The average molecular weight is 300 g/mol. The van der Waals surface area contributed by atoms with E-state index >= 15 is 0 Å². The van der Waals surface area contributed by atoms with E-state index in [1.54, 1.807) is 0 Å². The van der Waals surface area contributed by atoms with E-state index in [1.807, 2.05) is 43.3 Å². The monoisotopic (exact) mass is 300 g/mol. The van der Waals surface area contributed by atoms with Gasteiger partial charge in [0.15, 0.2) is 5.11 Å². The second-order valence-corrected chi connectivity index (χ2v) is 5.16. The Kier molecular flexibility index (Phi) is 5.17. The summed E-state index contributed by atoms with van der Waals surface area (Å²) >= 11 is 5.39. The highest BCUT2D eigenvalue weighted by atomic mass is 32.1. The molecule has 0 heterocycles. The molecular weight excluding hydrogens is 280 g/mol. The molecule has 0 saturated heterocycles. The number of hydrogen-bond acceptors (Lipinski definition) is 2. The van der Waals surface area contributed by atoms with Crippen molar-refractivity contribution in [2.45, 2.75) is 20.8 Å². The maximum atomic E-state index is 5.58. The number of thiocarbonyl (C=S) groups is 1. The largest absolute Gasteiger partial charge is 0.492 e. The fourth-order valence-electron chi connectivity index (χ4n) is 2.01. The molecule has 0 saturated carbocycles. The third kappa shape index (κ3) is 3.95. The number of para-hydroxylation sites is 2. The molecule has 2 N–H and O–H groups in total. The molecule has 0 amide bonds. The van der Waals surface area contributed by atoms with E-state index in [-0.39, 0.29) is 0 Å². The Labute approximate surface area is 131 Å². The summed E-state index contributed by atoms with van der Waals surface area (Å²) in [6.07, 6.45) is 0. The fraction of sp³-hybridized carbons (Fsp3) is 0.235. The quantitative estimate of drug-likeness (QED) is 0.814. The Hall–Kier alpha value is -2.07. The molecule has 0 atom stereocenters. The minimum Gasteiger partial charge on any atom is -0.492 e. The van der Waals surface area contributed by atoms with Gasteiger partial charge in [-0.3, -0.25) is 0 Å². The van der Waals surface area contributed by atoms with Gasteiger partial charge in [-0.05, 0) is 62.3 Å². The predicted octanol–water partition coefficient (Wildman–Crippen LogP) is 4.51. The predicted molar refractivity (Wildman–Crippen MR) is 93.4 cm³/mol. The highest BCUT2D eigenvalue weighted by Gasteiger charge is 2.06. The molecule has 0 fully saturated rings. The van der Waals surface area contributed by atoms with Crippen LogP contribution < -0.4 is 15.4 Å². The molecule has 21 heavy (non-hydrogen) atoms. The Morgan fingerprint density at radius 3 is 2.43 bits per heavy atom. The molecule has 110 valence electrons. The van der Waals surface area contributed by atoms with Crippen LogP contribution >= 0.6 is 12.2 Å². The van der Waals surface area contributed by atoms with Gasteiger partial charge in [0.05, 0.1) is 12.3 Å². The third-order valence-electron chi connectivity index (χ3n) is 3.29. The van der Waals surface area contributed by atoms with E-state index in [0.29, 0.717) is 11.7 Å². The van der Waals surface area contributed by atoms with Crippen molar-refractivity contribution in [2.24, 2.45) is 0 Å². The van der Waals surface area contributed by atoms with E-state index in [0.717, 1.165) is 17.1 Å². The van der Waals surface area contributed by atoms with Crippen molar-refractivity contribution >= 4 is 28.7 Å². The first kappa shape index (κ1) is 15.3. The SMILES string of the molecule is CCOc1ccccc1NC(=S)Nc1cccc(C)c1C. The summed E-state index contributed by atoms with van der Waals surface area (Å²) in [5, 5.41) is 6.97. The molecule has 4 heteroatoms. The molecule has 3 nitrogen and oxygen atoms in total. The second-order valence-electron chi connectivity index (χ2n) is 4.76. The van der Waals surface area contributed by atoms with Gasteiger partial charge in [-0.2, -0.15) is 0 Å². The van der Waals surface area contributed by atoms with Crippen LogP contribution in [0.4, 0.5) is 11.4 Å². The zero-order valence-electron chi connectivity index (χ0n) is 12.6. The van der Waals surface area contributed by atoms with Crippen LogP contribution in [0.15, 0.2) is 42.5 Å². The highest BCUT2D eigenvalue weighted by molar-refractivity contribution is 7.80. The van der Waals surface area contributed by atoms with Gasteiger partial charge in [0.1, 0.15) is 5.75 Å². The lowest BCUT2D eigenvalue weighted by atomic mass is 10.1. The molecular formula is C17H20N2OS. The van der Waals surface area contributed by atoms with Crippen LogP contribution in [0.2, 0.25) is 0 Å². The van der Waals surface area contributed by atoms with Crippen molar-refractivity contribution in [3.05, 3.63) is 53.6 Å². The molecule has 0 aromatic heterocycles. The van der Waals surface area contributed by atoms with Crippen molar-refractivity contribution in [1.82, 2.24) is 0 Å². The highest BCUT2D eigenvalue weighted by Crippen LogP contribution is 2.24. The standard InChI is InChI=1S/C17H20N2OS/c1-4-20-16-11-6-5-9-15(16)19-17(21)18-14-10-7-8-12(2)13(14)3/h5-11H,4H2,1-3H3,(H2,18,19,21). The Morgan fingerprint density at radius 2 is 1.67 bits per heavy atom. The maximum Gasteiger partial charge on any atom is 0.175 e. The number of benzene rings is 2. The zero-order chi connectivity index (χ0) is 15.2. The summed E-state index contributed by atoms with van der Waals surface area (Å²) in [4.78, 5) is 0. The minimum atomic E-state index is 0.552. The van der Waals surface area contributed by atoms with Crippen molar-refractivity contribution < 1.29 is 4.74 Å². The van der Waals surface area contributed by atoms with Gasteiger partial charge in [-0.25, -0.2) is 0 Å². The fourth-order valence-corrected chi connectivity index (χ4v) is 2.23. The van der Waals surface area contributed by atoms with Gasteiger partial charge in [0.2, 0.25) is 0 Å². The summed E-state index contributed by atoms with van der Waals surface area (Å²) in [7, 11) is 0. The third-order valence-corrected chi connectivity index (χ3v) is 3.49. The number of nitrogens with one attached hydrogen (secondary N) is 2. The van der Waals surface area contributed by atoms with E-state index in [9.17, 15) is 0 Å². The molecule has 0 bridgehead atoms. The number of anilines is 2. The van der Waals surface area contributed by atoms with Gasteiger partial charge in [-0.1, -0.05) is 24.3 Å². The van der Waals surface area contributed by atoms with Crippen LogP contribution in [0.5, 0.6) is 5.75 Å². The van der Waals surface area contributed by atoms with E-state index < -0.39 is 0 Å². The Balaban J connectivity index is 2.10. The summed E-state index contributed by atoms with van der Waals surface area (Å²) < 4.78 is 5.58. The molecule has 0 aliphatic heterocycles. The Bertz CT molecular complexity index is 640. The van der Waals surface area contributed by atoms with Crippen LogP contribution in [0.25, 0.3) is 0 Å². The summed E-state index contributed by atoms with van der Waals surface area (Å²) in [6, 6.07) is 13.9. The molecule has 2 aromatic rings. The molecule has 0 unspecified atom stereocenters. The van der Waals surface area contributed by atoms with Gasteiger partial charge >= 0.3 is 0 Å². The van der Waals surface area contributed by atoms with Crippen LogP contribution in [0, 0.1) is 13.8 Å². The first-order valence-electron chi connectivity index (χ1n) is 6.98. The zero-order valence-corrected chi connectivity index (χ0v) is 13.4. The number of aryl methyl sites for hydroxylation is 1. The lowest BCUT2D eigenvalue weighted by molar-refractivity contribution is 0.342.